The highest BCUT2D eigenvalue weighted by atomic mass is 35.5. The van der Waals surface area contributed by atoms with E-state index in [1.54, 1.807) is 6.07 Å². The van der Waals surface area contributed by atoms with E-state index in [2.05, 4.69) is 17.1 Å². The molecule has 2 fully saturated rings. The number of benzene rings is 1. The van der Waals surface area contributed by atoms with E-state index in [0.717, 1.165) is 51.1 Å². The number of piperazine rings is 1. The smallest absolute Gasteiger partial charge is 0.225 e. The molecule has 3 rings (SSSR count). The Morgan fingerprint density at radius 2 is 2.04 bits per heavy atom. The Bertz CT molecular complexity index is 608. The summed E-state index contributed by atoms with van der Waals surface area (Å²) in [7, 11) is 1.47. The summed E-state index contributed by atoms with van der Waals surface area (Å²) in [5.41, 5.74) is 0.935. The first-order valence-electron chi connectivity index (χ1n) is 9.13. The number of carbonyl (C=O) groups is 1. The van der Waals surface area contributed by atoms with Gasteiger partial charge in [0.15, 0.2) is 11.6 Å². The normalized spacial score (nSPS) is 24.0. The van der Waals surface area contributed by atoms with Gasteiger partial charge in [-0.05, 0) is 44.0 Å². The van der Waals surface area contributed by atoms with Crippen LogP contribution in [0.1, 0.15) is 25.3 Å². The van der Waals surface area contributed by atoms with Crippen LogP contribution in [0.3, 0.4) is 0 Å². The van der Waals surface area contributed by atoms with Crippen LogP contribution in [-0.4, -0.2) is 61.6 Å². The fraction of sp³-hybridized carbons (Fsp3) is 0.632. The largest absolute Gasteiger partial charge is 0.494 e. The second kappa shape index (κ2) is 9.53. The Kier molecular flexibility index (Phi) is 7.68. The highest BCUT2D eigenvalue weighted by Gasteiger charge is 2.30. The Morgan fingerprint density at radius 3 is 2.65 bits per heavy atom. The van der Waals surface area contributed by atoms with Crippen molar-refractivity contribution >= 4 is 18.3 Å². The molecule has 0 saturated carbocycles. The Morgan fingerprint density at radius 1 is 1.31 bits per heavy atom. The lowest BCUT2D eigenvalue weighted by Crippen LogP contribution is -2.51. The lowest BCUT2D eigenvalue weighted by Gasteiger charge is -2.38. The number of hydrogen-bond acceptors (Lipinski definition) is 4. The van der Waals surface area contributed by atoms with Crippen molar-refractivity contribution in [3.63, 3.8) is 0 Å². The van der Waals surface area contributed by atoms with E-state index in [1.807, 2.05) is 11.0 Å². The van der Waals surface area contributed by atoms with Crippen LogP contribution in [0, 0.1) is 11.7 Å². The summed E-state index contributed by atoms with van der Waals surface area (Å²) in [5.74, 6) is 0.422. The molecule has 2 heterocycles. The SMILES string of the molecule is COc1ccc(CN2CCN(C(=O)[C@H]3CCN[C@@H](C)C3)CC2)cc1F.Cl. The molecule has 0 radical (unpaired) electrons. The first kappa shape index (κ1) is 20.9. The van der Waals surface area contributed by atoms with E-state index in [0.29, 0.717) is 18.5 Å². The molecule has 2 aliphatic rings. The monoisotopic (exact) mass is 385 g/mol. The maximum Gasteiger partial charge on any atom is 0.225 e. The van der Waals surface area contributed by atoms with Crippen molar-refractivity contribution in [1.29, 1.82) is 0 Å². The summed E-state index contributed by atoms with van der Waals surface area (Å²) in [4.78, 5) is 17.0. The minimum Gasteiger partial charge on any atom is -0.494 e. The van der Waals surface area contributed by atoms with E-state index in [9.17, 15) is 9.18 Å². The summed E-state index contributed by atoms with van der Waals surface area (Å²) in [6, 6.07) is 5.53. The third kappa shape index (κ3) is 5.09. The summed E-state index contributed by atoms with van der Waals surface area (Å²) >= 11 is 0. The van der Waals surface area contributed by atoms with Gasteiger partial charge in [-0.1, -0.05) is 6.07 Å². The fourth-order valence-electron chi connectivity index (χ4n) is 3.81. The molecule has 2 atom stereocenters. The van der Waals surface area contributed by atoms with Crippen LogP contribution in [-0.2, 0) is 11.3 Å². The number of rotatable bonds is 4. The summed E-state index contributed by atoms with van der Waals surface area (Å²) in [6.45, 7) is 6.96. The molecule has 0 spiro atoms. The minimum absolute atomic E-state index is 0. The van der Waals surface area contributed by atoms with Crippen LogP contribution < -0.4 is 10.1 Å². The van der Waals surface area contributed by atoms with Crippen molar-refractivity contribution in [3.05, 3.63) is 29.6 Å². The highest BCUT2D eigenvalue weighted by molar-refractivity contribution is 5.85. The zero-order chi connectivity index (χ0) is 17.8. The van der Waals surface area contributed by atoms with Gasteiger partial charge in [-0.3, -0.25) is 9.69 Å². The minimum atomic E-state index is -0.325. The molecular formula is C19H29ClFN3O2. The van der Waals surface area contributed by atoms with Gasteiger partial charge in [0.25, 0.3) is 0 Å². The van der Waals surface area contributed by atoms with Gasteiger partial charge < -0.3 is 15.0 Å². The van der Waals surface area contributed by atoms with Crippen molar-refractivity contribution in [1.82, 2.24) is 15.1 Å². The molecule has 7 heteroatoms. The van der Waals surface area contributed by atoms with Gasteiger partial charge in [-0.15, -0.1) is 12.4 Å². The lowest BCUT2D eigenvalue weighted by molar-refractivity contribution is -0.138. The first-order chi connectivity index (χ1) is 12.1. The van der Waals surface area contributed by atoms with E-state index in [-0.39, 0.29) is 29.9 Å². The molecule has 1 aromatic carbocycles. The van der Waals surface area contributed by atoms with Crippen molar-refractivity contribution in [2.45, 2.75) is 32.4 Å². The summed E-state index contributed by atoms with van der Waals surface area (Å²) in [5, 5.41) is 3.40. The number of carbonyl (C=O) groups excluding carboxylic acids is 1. The molecule has 5 nitrogen and oxygen atoms in total. The summed E-state index contributed by atoms with van der Waals surface area (Å²) in [6.07, 6.45) is 1.87. The maximum absolute atomic E-state index is 13.8. The predicted octanol–water partition coefficient (Wildman–Crippen LogP) is 2.29. The van der Waals surface area contributed by atoms with Gasteiger partial charge in [-0.25, -0.2) is 4.39 Å². The average molecular weight is 386 g/mol. The van der Waals surface area contributed by atoms with Gasteiger partial charge in [0.05, 0.1) is 7.11 Å². The van der Waals surface area contributed by atoms with E-state index >= 15 is 0 Å². The standard InChI is InChI=1S/C19H28FN3O2.ClH/c1-14-11-16(5-6-21-14)19(24)23-9-7-22(8-10-23)13-15-3-4-18(25-2)17(20)12-15;/h3-4,12,14,16,21H,5-11,13H2,1-2H3;1H/t14-,16-;/m0./s1. The lowest BCUT2D eigenvalue weighted by atomic mass is 9.92. The predicted molar refractivity (Wildman–Crippen MR) is 102 cm³/mol. The Balaban J connectivity index is 0.00000243. The van der Waals surface area contributed by atoms with Crippen molar-refractivity contribution in [2.75, 3.05) is 39.8 Å². The quantitative estimate of drug-likeness (QED) is 0.863. The molecule has 26 heavy (non-hydrogen) atoms. The van der Waals surface area contributed by atoms with Gasteiger partial charge in [0.2, 0.25) is 5.91 Å². The number of piperidine rings is 1. The molecule has 0 unspecified atom stereocenters. The van der Waals surface area contributed by atoms with Crippen LogP contribution in [0.5, 0.6) is 5.75 Å². The maximum atomic E-state index is 13.8. The number of nitrogens with zero attached hydrogens (tertiary/aromatic N) is 2. The third-order valence-corrected chi connectivity index (χ3v) is 5.28. The number of methoxy groups -OCH3 is 1. The van der Waals surface area contributed by atoms with Crippen LogP contribution in [0.25, 0.3) is 0 Å². The van der Waals surface area contributed by atoms with Gasteiger partial charge >= 0.3 is 0 Å². The molecule has 1 N–H and O–H groups in total. The third-order valence-electron chi connectivity index (χ3n) is 5.28. The molecule has 2 saturated heterocycles. The van der Waals surface area contributed by atoms with Gasteiger partial charge in [0.1, 0.15) is 0 Å². The number of amides is 1. The van der Waals surface area contributed by atoms with Gasteiger partial charge in [-0.2, -0.15) is 0 Å². The molecule has 1 amide bonds. The highest BCUT2D eigenvalue weighted by Crippen LogP contribution is 2.21. The van der Waals surface area contributed by atoms with Gasteiger partial charge in [0, 0.05) is 44.7 Å². The molecule has 1 aromatic rings. The molecule has 0 aromatic heterocycles. The summed E-state index contributed by atoms with van der Waals surface area (Å²) < 4.78 is 18.8. The average Bonchev–Trinajstić information content (AvgIpc) is 2.62. The second-order valence-electron chi connectivity index (χ2n) is 7.15. The topological polar surface area (TPSA) is 44.8 Å². The van der Waals surface area contributed by atoms with E-state index in [4.69, 9.17) is 4.74 Å². The van der Waals surface area contributed by atoms with Crippen molar-refractivity contribution in [2.24, 2.45) is 5.92 Å². The zero-order valence-corrected chi connectivity index (χ0v) is 16.4. The van der Waals surface area contributed by atoms with E-state index in [1.165, 1.54) is 13.2 Å². The number of ether oxygens (including phenoxy) is 1. The van der Waals surface area contributed by atoms with Crippen molar-refractivity contribution in [3.8, 4) is 5.75 Å². The number of hydrogen-bond donors (Lipinski definition) is 1. The Hall–Kier alpha value is -1.37. The molecular weight excluding hydrogens is 357 g/mol. The van der Waals surface area contributed by atoms with Crippen LogP contribution in [0.15, 0.2) is 18.2 Å². The molecule has 2 aliphatic heterocycles. The molecule has 0 bridgehead atoms. The van der Waals surface area contributed by atoms with E-state index < -0.39 is 0 Å². The fourth-order valence-corrected chi connectivity index (χ4v) is 3.81. The zero-order valence-electron chi connectivity index (χ0n) is 15.5. The molecule has 146 valence electrons. The van der Waals surface area contributed by atoms with Crippen LogP contribution in [0.4, 0.5) is 4.39 Å². The molecule has 0 aliphatic carbocycles. The number of halogens is 2. The Labute approximate surface area is 161 Å². The number of nitrogens with one attached hydrogen (secondary N) is 1. The van der Waals surface area contributed by atoms with Crippen LogP contribution >= 0.6 is 12.4 Å². The van der Waals surface area contributed by atoms with Crippen molar-refractivity contribution < 1.29 is 13.9 Å². The second-order valence-corrected chi connectivity index (χ2v) is 7.15. The van der Waals surface area contributed by atoms with Crippen LogP contribution in [0.2, 0.25) is 0 Å². The first-order valence-corrected chi connectivity index (χ1v) is 9.13.